The smallest absolute Gasteiger partial charge is 0.216 e. The summed E-state index contributed by atoms with van der Waals surface area (Å²) >= 11 is 0. The van der Waals surface area contributed by atoms with E-state index in [-0.39, 0.29) is 0 Å². The minimum atomic E-state index is -2.17. The highest BCUT2D eigenvalue weighted by Crippen LogP contribution is 2.61. The molecule has 2 aliphatic rings. The van der Waals surface area contributed by atoms with Gasteiger partial charge in [0.2, 0.25) is 7.44 Å². The lowest BCUT2D eigenvalue weighted by Gasteiger charge is -2.28. The van der Waals surface area contributed by atoms with Crippen LogP contribution in [0.5, 0.6) is 0 Å². The van der Waals surface area contributed by atoms with Crippen molar-refractivity contribution < 1.29 is 4.57 Å². The van der Waals surface area contributed by atoms with Crippen LogP contribution in [0.4, 0.5) is 0 Å². The van der Waals surface area contributed by atoms with Crippen molar-refractivity contribution in [2.45, 2.75) is 44.7 Å². The molecule has 1 aliphatic heterocycles. The largest absolute Gasteiger partial charge is 0.289 e. The highest BCUT2D eigenvalue weighted by Gasteiger charge is 2.50. The topological polar surface area (TPSA) is 23.6 Å². The molecule has 1 saturated carbocycles. The van der Waals surface area contributed by atoms with E-state index < -0.39 is 7.44 Å². The Hall–Kier alpha value is 0.150. The highest BCUT2D eigenvalue weighted by atomic mass is 31.2. The van der Waals surface area contributed by atoms with Gasteiger partial charge in [-0.2, -0.15) is 0 Å². The molecular formula is C10H21N2OP. The van der Waals surface area contributed by atoms with Crippen LogP contribution >= 0.6 is 7.44 Å². The van der Waals surface area contributed by atoms with Crippen LogP contribution in [0.15, 0.2) is 0 Å². The van der Waals surface area contributed by atoms with Crippen LogP contribution in [-0.4, -0.2) is 41.7 Å². The molecular weight excluding hydrogens is 195 g/mol. The fourth-order valence-electron chi connectivity index (χ4n) is 3.10. The molecule has 0 aromatic heterocycles. The molecule has 4 heteroatoms. The van der Waals surface area contributed by atoms with E-state index in [4.69, 9.17) is 0 Å². The Kier molecular flexibility index (Phi) is 2.76. The maximum Gasteiger partial charge on any atom is 0.216 e. The van der Waals surface area contributed by atoms with Gasteiger partial charge in [-0.3, -0.25) is 4.57 Å². The van der Waals surface area contributed by atoms with Gasteiger partial charge in [-0.1, -0.05) is 19.8 Å². The molecule has 1 saturated heterocycles. The van der Waals surface area contributed by atoms with E-state index in [0.29, 0.717) is 12.1 Å². The van der Waals surface area contributed by atoms with Gasteiger partial charge in [0.1, 0.15) is 0 Å². The van der Waals surface area contributed by atoms with Crippen molar-refractivity contribution >= 4 is 7.44 Å². The molecule has 0 N–H and O–H groups in total. The Balaban J connectivity index is 2.28. The molecule has 14 heavy (non-hydrogen) atoms. The van der Waals surface area contributed by atoms with Gasteiger partial charge in [-0.25, -0.2) is 9.34 Å². The van der Waals surface area contributed by atoms with Crippen LogP contribution in [0.2, 0.25) is 0 Å². The van der Waals surface area contributed by atoms with Crippen LogP contribution in [0.3, 0.4) is 0 Å². The molecule has 0 spiro atoms. The van der Waals surface area contributed by atoms with Crippen molar-refractivity contribution in [3.8, 4) is 0 Å². The summed E-state index contributed by atoms with van der Waals surface area (Å²) in [6, 6.07) is 1.11. The molecule has 2 unspecified atom stereocenters. The van der Waals surface area contributed by atoms with Gasteiger partial charge in [0, 0.05) is 18.2 Å². The summed E-state index contributed by atoms with van der Waals surface area (Å²) in [5.41, 5.74) is 0. The van der Waals surface area contributed by atoms with E-state index in [1.807, 2.05) is 6.92 Å². The number of likely N-dealkylation sites (N-methyl/N-ethyl adjacent to an activating group) is 2. The minimum absolute atomic E-state index is 0.555. The van der Waals surface area contributed by atoms with Crippen LogP contribution in [0, 0.1) is 0 Å². The maximum absolute atomic E-state index is 12.7. The average Bonchev–Trinajstić information content (AvgIpc) is 2.43. The zero-order valence-electron chi connectivity index (χ0n) is 9.44. The van der Waals surface area contributed by atoms with Gasteiger partial charge in [-0.15, -0.1) is 0 Å². The van der Waals surface area contributed by atoms with Crippen molar-refractivity contribution in [3.05, 3.63) is 0 Å². The lowest BCUT2D eigenvalue weighted by molar-refractivity contribution is 0.233. The monoisotopic (exact) mass is 216 g/mol. The fraction of sp³-hybridized carbons (Fsp3) is 1.00. The van der Waals surface area contributed by atoms with Crippen LogP contribution in [0.25, 0.3) is 0 Å². The minimum Gasteiger partial charge on any atom is -0.289 e. The Morgan fingerprint density at radius 3 is 1.93 bits per heavy atom. The molecule has 82 valence electrons. The van der Waals surface area contributed by atoms with Gasteiger partial charge in [0.25, 0.3) is 0 Å². The summed E-state index contributed by atoms with van der Waals surface area (Å²) in [5.74, 6) is 0. The van der Waals surface area contributed by atoms with Gasteiger partial charge in [0.05, 0.1) is 0 Å². The van der Waals surface area contributed by atoms with Crippen molar-refractivity contribution in [2.24, 2.45) is 0 Å². The van der Waals surface area contributed by atoms with E-state index in [9.17, 15) is 4.57 Å². The molecule has 1 aliphatic carbocycles. The Morgan fingerprint density at radius 2 is 1.57 bits per heavy atom. The van der Waals surface area contributed by atoms with Gasteiger partial charge >= 0.3 is 0 Å². The third-order valence-corrected chi connectivity index (χ3v) is 7.44. The third kappa shape index (κ3) is 1.30. The second-order valence-electron chi connectivity index (χ2n) is 4.55. The second kappa shape index (κ2) is 3.62. The average molecular weight is 216 g/mol. The zero-order valence-corrected chi connectivity index (χ0v) is 10.3. The first-order valence-electron chi connectivity index (χ1n) is 5.67. The Labute approximate surface area is 86.9 Å². The molecule has 0 aromatic rings. The Morgan fingerprint density at radius 1 is 1.14 bits per heavy atom. The van der Waals surface area contributed by atoms with Gasteiger partial charge in [0.15, 0.2) is 0 Å². The quantitative estimate of drug-likeness (QED) is 0.629. The van der Waals surface area contributed by atoms with Crippen molar-refractivity contribution in [2.75, 3.05) is 20.3 Å². The predicted molar refractivity (Wildman–Crippen MR) is 59.7 cm³/mol. The van der Waals surface area contributed by atoms with E-state index in [0.717, 1.165) is 6.16 Å². The van der Waals surface area contributed by atoms with Crippen LogP contribution in [0.1, 0.15) is 32.6 Å². The summed E-state index contributed by atoms with van der Waals surface area (Å²) in [4.78, 5) is 0. The number of rotatable bonds is 1. The molecule has 0 amide bonds. The standard InChI is InChI=1S/C10H21N2OP/c1-4-14(13)11(2)9-7-5-6-8-10(9)12(14)3/h9-10H,4-8H2,1-3H3. The first-order chi connectivity index (χ1) is 6.61. The second-order valence-corrected chi connectivity index (χ2v) is 7.77. The van der Waals surface area contributed by atoms with Crippen molar-refractivity contribution in [3.63, 3.8) is 0 Å². The summed E-state index contributed by atoms with van der Waals surface area (Å²) in [6.07, 6.45) is 5.87. The number of hydrogen-bond donors (Lipinski definition) is 0. The van der Waals surface area contributed by atoms with Gasteiger partial charge < -0.3 is 0 Å². The Bertz CT molecular complexity index is 247. The lowest BCUT2D eigenvalue weighted by atomic mass is 9.91. The van der Waals surface area contributed by atoms with Crippen molar-refractivity contribution in [1.29, 1.82) is 0 Å². The number of nitrogens with zero attached hydrogens (tertiary/aromatic N) is 2. The number of hydrogen-bond acceptors (Lipinski definition) is 1. The summed E-state index contributed by atoms with van der Waals surface area (Å²) < 4.78 is 17.0. The fourth-order valence-corrected chi connectivity index (χ4v) is 5.90. The summed E-state index contributed by atoms with van der Waals surface area (Å²) in [5, 5.41) is 0. The van der Waals surface area contributed by atoms with E-state index in [2.05, 4.69) is 23.4 Å². The molecule has 0 radical (unpaired) electrons. The molecule has 2 fully saturated rings. The van der Waals surface area contributed by atoms with E-state index in [1.165, 1.54) is 25.7 Å². The SMILES string of the molecule is CCP1(=O)N(C)C2CCCCC2N1C. The third-order valence-electron chi connectivity index (χ3n) is 4.05. The molecule has 2 atom stereocenters. The normalized spacial score (nSPS) is 45.4. The molecule has 1 heterocycles. The highest BCUT2D eigenvalue weighted by molar-refractivity contribution is 7.59. The van der Waals surface area contributed by atoms with Crippen LogP contribution < -0.4 is 0 Å². The molecule has 0 bridgehead atoms. The summed E-state index contributed by atoms with van der Waals surface area (Å²) in [7, 11) is 1.93. The zero-order chi connectivity index (χ0) is 10.3. The first-order valence-corrected chi connectivity index (χ1v) is 7.46. The molecule has 2 rings (SSSR count). The molecule has 0 aromatic carbocycles. The summed E-state index contributed by atoms with van der Waals surface area (Å²) in [6.45, 7) is 2.05. The van der Waals surface area contributed by atoms with E-state index in [1.54, 1.807) is 0 Å². The first kappa shape index (κ1) is 10.7. The lowest BCUT2D eigenvalue weighted by Crippen LogP contribution is -2.37. The maximum atomic E-state index is 12.7. The van der Waals surface area contributed by atoms with Gasteiger partial charge in [-0.05, 0) is 26.9 Å². The van der Waals surface area contributed by atoms with Crippen LogP contribution in [-0.2, 0) is 4.57 Å². The predicted octanol–water partition coefficient (Wildman–Crippen LogP) is 2.39. The van der Waals surface area contributed by atoms with Crippen molar-refractivity contribution in [1.82, 2.24) is 9.34 Å². The number of fused-ring (bicyclic) bond motifs is 1. The molecule has 3 nitrogen and oxygen atoms in total. The van der Waals surface area contributed by atoms with E-state index >= 15 is 0 Å².